The molecule has 0 saturated heterocycles. The highest BCUT2D eigenvalue weighted by molar-refractivity contribution is 5.91. The fourth-order valence-corrected chi connectivity index (χ4v) is 3.05. The number of carbonyl (C=O) groups excluding carboxylic acids is 2. The maximum absolute atomic E-state index is 11.6. The van der Waals surface area contributed by atoms with Gasteiger partial charge in [-0.2, -0.15) is 0 Å². The molecule has 0 heterocycles. The number of carboxylic acids is 2. The van der Waals surface area contributed by atoms with E-state index in [1.165, 1.54) is 25.0 Å². The molecule has 2 saturated carbocycles. The first-order valence-electron chi connectivity index (χ1n) is 9.60. The van der Waals surface area contributed by atoms with Crippen LogP contribution in [0.5, 0.6) is 0 Å². The van der Waals surface area contributed by atoms with Gasteiger partial charge in [0.1, 0.15) is 12.2 Å². The zero-order valence-corrected chi connectivity index (χ0v) is 15.9. The summed E-state index contributed by atoms with van der Waals surface area (Å²) in [5, 5.41) is 15.6. The summed E-state index contributed by atoms with van der Waals surface area (Å²) in [6.07, 6.45) is 14.2. The lowest BCUT2D eigenvalue weighted by atomic mass is 9.98. The molecule has 156 valence electrons. The van der Waals surface area contributed by atoms with Crippen molar-refractivity contribution in [1.29, 1.82) is 0 Å². The Morgan fingerprint density at radius 1 is 0.571 bits per heavy atom. The minimum atomic E-state index is -1.26. The number of ether oxygens (including phenoxy) is 2. The normalized spacial score (nSPS) is 18.3. The van der Waals surface area contributed by atoms with Crippen LogP contribution in [-0.2, 0) is 28.7 Å². The highest BCUT2D eigenvalue weighted by Gasteiger charge is 2.18. The number of hydrogen-bond donors (Lipinski definition) is 2. The van der Waals surface area contributed by atoms with Gasteiger partial charge in [0.25, 0.3) is 0 Å². The van der Waals surface area contributed by atoms with Crippen molar-refractivity contribution in [2.24, 2.45) is 0 Å². The molecule has 28 heavy (non-hydrogen) atoms. The first-order valence-corrected chi connectivity index (χ1v) is 9.60. The van der Waals surface area contributed by atoms with E-state index < -0.39 is 23.9 Å². The van der Waals surface area contributed by atoms with Gasteiger partial charge in [-0.25, -0.2) is 19.2 Å². The number of hydrogen-bond acceptors (Lipinski definition) is 6. The Labute approximate surface area is 164 Å². The molecular formula is C20H28O8. The Morgan fingerprint density at radius 2 is 0.893 bits per heavy atom. The number of carboxylic acid groups (broad SMARTS) is 2. The van der Waals surface area contributed by atoms with Crippen LogP contribution in [0.2, 0.25) is 0 Å². The van der Waals surface area contributed by atoms with Gasteiger partial charge in [-0.1, -0.05) is 12.8 Å². The Bertz CT molecular complexity index is 531. The first kappa shape index (κ1) is 23.4. The molecule has 0 aromatic heterocycles. The zero-order valence-electron chi connectivity index (χ0n) is 15.9. The molecule has 2 aliphatic carbocycles. The van der Waals surface area contributed by atoms with Gasteiger partial charge in [-0.05, 0) is 51.4 Å². The fraction of sp³-hybridized carbons (Fsp3) is 0.600. The van der Waals surface area contributed by atoms with Gasteiger partial charge >= 0.3 is 23.9 Å². The molecule has 8 heteroatoms. The van der Waals surface area contributed by atoms with Crippen molar-refractivity contribution in [1.82, 2.24) is 0 Å². The van der Waals surface area contributed by atoms with Gasteiger partial charge in [0.2, 0.25) is 0 Å². The Kier molecular flexibility index (Phi) is 11.3. The number of esters is 2. The van der Waals surface area contributed by atoms with Crippen LogP contribution in [0.25, 0.3) is 0 Å². The van der Waals surface area contributed by atoms with E-state index in [0.717, 1.165) is 51.4 Å². The number of rotatable bonds is 6. The lowest BCUT2D eigenvalue weighted by molar-refractivity contribution is -0.147. The van der Waals surface area contributed by atoms with Crippen molar-refractivity contribution in [3.63, 3.8) is 0 Å². The Balaban J connectivity index is 0.000000416. The van der Waals surface area contributed by atoms with E-state index >= 15 is 0 Å². The third kappa shape index (κ3) is 11.9. The van der Waals surface area contributed by atoms with Crippen molar-refractivity contribution < 1.29 is 38.9 Å². The van der Waals surface area contributed by atoms with Gasteiger partial charge in [0.15, 0.2) is 0 Å². The maximum Gasteiger partial charge on any atom is 0.331 e. The molecule has 0 amide bonds. The van der Waals surface area contributed by atoms with Crippen molar-refractivity contribution in [3.05, 3.63) is 24.3 Å². The topological polar surface area (TPSA) is 127 Å². The summed E-state index contributed by atoms with van der Waals surface area (Å²) >= 11 is 0. The molecule has 0 spiro atoms. The average Bonchev–Trinajstić information content (AvgIpc) is 2.67. The van der Waals surface area contributed by atoms with Gasteiger partial charge in [-0.15, -0.1) is 0 Å². The van der Waals surface area contributed by atoms with E-state index in [-0.39, 0.29) is 12.2 Å². The predicted octanol–water partition coefficient (Wildman–Crippen LogP) is 3.01. The highest BCUT2D eigenvalue weighted by Crippen LogP contribution is 2.21. The fourth-order valence-electron chi connectivity index (χ4n) is 3.05. The van der Waals surface area contributed by atoms with E-state index in [9.17, 15) is 19.2 Å². The molecule has 0 aromatic rings. The molecule has 0 radical (unpaired) electrons. The van der Waals surface area contributed by atoms with Crippen LogP contribution in [0.3, 0.4) is 0 Å². The summed E-state index contributed by atoms with van der Waals surface area (Å²) in [5.41, 5.74) is 0. The summed E-state index contributed by atoms with van der Waals surface area (Å²) in [5.74, 6) is -3.38. The number of carbonyl (C=O) groups is 4. The maximum atomic E-state index is 11.6. The average molecular weight is 396 g/mol. The molecule has 0 unspecified atom stereocenters. The van der Waals surface area contributed by atoms with Crippen molar-refractivity contribution in [2.45, 2.75) is 76.4 Å². The molecule has 8 nitrogen and oxygen atoms in total. The molecule has 0 aliphatic heterocycles. The predicted molar refractivity (Wildman–Crippen MR) is 99.5 cm³/mol. The van der Waals surface area contributed by atoms with Gasteiger partial charge in [0, 0.05) is 24.3 Å². The minimum absolute atomic E-state index is 0.0234. The summed E-state index contributed by atoms with van der Waals surface area (Å²) in [6, 6.07) is 0. The molecule has 2 N–H and O–H groups in total. The molecule has 2 aliphatic rings. The van der Waals surface area contributed by atoms with Gasteiger partial charge in [-0.3, -0.25) is 0 Å². The van der Waals surface area contributed by atoms with E-state index in [2.05, 4.69) is 0 Å². The van der Waals surface area contributed by atoms with E-state index in [1.54, 1.807) is 0 Å². The second-order valence-corrected chi connectivity index (χ2v) is 6.74. The van der Waals surface area contributed by atoms with Crippen LogP contribution < -0.4 is 0 Å². The van der Waals surface area contributed by atoms with E-state index in [0.29, 0.717) is 12.2 Å². The third-order valence-electron chi connectivity index (χ3n) is 4.39. The summed E-state index contributed by atoms with van der Waals surface area (Å²) in [6.45, 7) is 0. The Morgan fingerprint density at radius 3 is 1.18 bits per heavy atom. The van der Waals surface area contributed by atoms with E-state index in [4.69, 9.17) is 19.7 Å². The summed E-state index contributed by atoms with van der Waals surface area (Å²) in [4.78, 5) is 42.3. The smallest absolute Gasteiger partial charge is 0.331 e. The second-order valence-electron chi connectivity index (χ2n) is 6.74. The van der Waals surface area contributed by atoms with Crippen molar-refractivity contribution in [2.75, 3.05) is 0 Å². The van der Waals surface area contributed by atoms with E-state index in [1.807, 2.05) is 0 Å². The first-order chi connectivity index (χ1) is 13.4. The summed E-state index contributed by atoms with van der Waals surface area (Å²) < 4.78 is 10.6. The van der Waals surface area contributed by atoms with Gasteiger partial charge < -0.3 is 19.7 Å². The lowest BCUT2D eigenvalue weighted by Gasteiger charge is -2.21. The van der Waals surface area contributed by atoms with Crippen molar-refractivity contribution in [3.8, 4) is 0 Å². The largest absolute Gasteiger partial charge is 0.478 e. The minimum Gasteiger partial charge on any atom is -0.478 e. The van der Waals surface area contributed by atoms with Crippen LogP contribution in [0.4, 0.5) is 0 Å². The van der Waals surface area contributed by atoms with Crippen LogP contribution in [0.1, 0.15) is 64.2 Å². The molecule has 2 fully saturated rings. The van der Waals surface area contributed by atoms with Crippen LogP contribution in [0, 0.1) is 0 Å². The molecule has 0 atom stereocenters. The lowest BCUT2D eigenvalue weighted by Crippen LogP contribution is -2.21. The molecule has 2 rings (SSSR count). The third-order valence-corrected chi connectivity index (χ3v) is 4.39. The quantitative estimate of drug-likeness (QED) is 0.518. The SMILES string of the molecule is O=C(C=CC(=O)OC1CCCCC1)OC1CCCCC1.O=C(O)C=CC(=O)O. The standard InChI is InChI=1S/C16H24O4.C4H4O4/c17-15(19-13-7-3-1-4-8-13)11-12-16(18)20-14-9-5-2-6-10-14;5-3(6)1-2-4(7)8/h11-14H,1-10H2;1-2H,(H,5,6)(H,7,8). The van der Waals surface area contributed by atoms with Gasteiger partial charge in [0.05, 0.1) is 0 Å². The van der Waals surface area contributed by atoms with Crippen molar-refractivity contribution >= 4 is 23.9 Å². The molecule has 0 aromatic carbocycles. The van der Waals surface area contributed by atoms with Crippen LogP contribution in [-0.4, -0.2) is 46.3 Å². The zero-order chi connectivity index (χ0) is 20.8. The molecule has 0 bridgehead atoms. The number of aliphatic carboxylic acids is 2. The second kappa shape index (κ2) is 13.5. The monoisotopic (exact) mass is 396 g/mol. The Hall–Kier alpha value is -2.64. The van der Waals surface area contributed by atoms with Crippen LogP contribution in [0.15, 0.2) is 24.3 Å². The summed E-state index contributed by atoms with van der Waals surface area (Å²) in [7, 11) is 0. The molecular weight excluding hydrogens is 368 g/mol. The van der Waals surface area contributed by atoms with Crippen LogP contribution >= 0.6 is 0 Å². The highest BCUT2D eigenvalue weighted by atomic mass is 16.5.